The highest BCUT2D eigenvalue weighted by Gasteiger charge is 2.32. The third-order valence-electron chi connectivity index (χ3n) is 6.35. The van der Waals surface area contributed by atoms with Crippen molar-refractivity contribution in [2.45, 2.75) is 30.6 Å². The SMILES string of the molecule is COc1cc(F)ccc1-c1ccc2nc(C3CCN(S(=O)(=O)c4ccccc4C)CC3)nn2c1. The van der Waals surface area contributed by atoms with Crippen molar-refractivity contribution in [2.24, 2.45) is 0 Å². The van der Waals surface area contributed by atoms with Gasteiger partial charge in [0.25, 0.3) is 0 Å². The fourth-order valence-electron chi connectivity index (χ4n) is 4.48. The van der Waals surface area contributed by atoms with Crippen molar-refractivity contribution >= 4 is 15.7 Å². The van der Waals surface area contributed by atoms with Gasteiger partial charge in [-0.1, -0.05) is 18.2 Å². The second-order valence-corrected chi connectivity index (χ2v) is 10.4. The summed E-state index contributed by atoms with van der Waals surface area (Å²) in [7, 11) is -2.01. The number of hydrogen-bond donors (Lipinski definition) is 0. The van der Waals surface area contributed by atoms with Crippen molar-refractivity contribution < 1.29 is 17.5 Å². The number of pyridine rings is 1. The van der Waals surface area contributed by atoms with E-state index in [9.17, 15) is 12.8 Å². The van der Waals surface area contributed by atoms with Crippen molar-refractivity contribution in [1.29, 1.82) is 0 Å². The number of aromatic nitrogens is 3. The molecule has 0 spiro atoms. The van der Waals surface area contributed by atoms with Crippen LogP contribution in [0.4, 0.5) is 4.39 Å². The van der Waals surface area contributed by atoms with E-state index < -0.39 is 10.0 Å². The van der Waals surface area contributed by atoms with Crippen LogP contribution in [0.1, 0.15) is 30.1 Å². The molecule has 0 atom stereocenters. The quantitative estimate of drug-likeness (QED) is 0.423. The molecule has 0 N–H and O–H groups in total. The Hall–Kier alpha value is -3.30. The molecular formula is C25H25FN4O3S. The molecule has 5 rings (SSSR count). The van der Waals surface area contributed by atoms with Crippen LogP contribution in [-0.2, 0) is 10.0 Å². The third kappa shape index (κ3) is 4.05. The maximum Gasteiger partial charge on any atom is 0.243 e. The molecule has 0 aliphatic carbocycles. The zero-order valence-corrected chi connectivity index (χ0v) is 19.8. The molecule has 0 radical (unpaired) electrons. The first-order valence-electron chi connectivity index (χ1n) is 11.1. The topological polar surface area (TPSA) is 76.8 Å². The van der Waals surface area contributed by atoms with Gasteiger partial charge in [0.2, 0.25) is 10.0 Å². The molecule has 34 heavy (non-hydrogen) atoms. The molecule has 0 bridgehead atoms. The van der Waals surface area contributed by atoms with Gasteiger partial charge in [-0.3, -0.25) is 0 Å². The van der Waals surface area contributed by atoms with Crippen LogP contribution in [0.5, 0.6) is 5.75 Å². The minimum Gasteiger partial charge on any atom is -0.496 e. The first-order chi connectivity index (χ1) is 16.4. The molecular weight excluding hydrogens is 455 g/mol. The van der Waals surface area contributed by atoms with Gasteiger partial charge in [-0.15, -0.1) is 0 Å². The molecule has 2 aromatic heterocycles. The number of methoxy groups -OCH3 is 1. The van der Waals surface area contributed by atoms with Gasteiger partial charge in [0.15, 0.2) is 11.5 Å². The summed E-state index contributed by atoms with van der Waals surface area (Å²) >= 11 is 0. The number of halogens is 1. The number of hydrogen-bond acceptors (Lipinski definition) is 5. The highest BCUT2D eigenvalue weighted by Crippen LogP contribution is 2.32. The largest absolute Gasteiger partial charge is 0.496 e. The van der Waals surface area contributed by atoms with Gasteiger partial charge in [-0.25, -0.2) is 22.3 Å². The highest BCUT2D eigenvalue weighted by molar-refractivity contribution is 7.89. The lowest BCUT2D eigenvalue weighted by molar-refractivity contribution is 0.313. The Morgan fingerprint density at radius 1 is 1.06 bits per heavy atom. The normalized spacial score (nSPS) is 15.6. The van der Waals surface area contributed by atoms with Crippen LogP contribution in [0.25, 0.3) is 16.8 Å². The van der Waals surface area contributed by atoms with Crippen molar-refractivity contribution in [3.05, 3.63) is 78.0 Å². The average molecular weight is 481 g/mol. The highest BCUT2D eigenvalue weighted by atomic mass is 32.2. The van der Waals surface area contributed by atoms with Crippen LogP contribution >= 0.6 is 0 Å². The van der Waals surface area contributed by atoms with Crippen LogP contribution in [0.3, 0.4) is 0 Å². The molecule has 1 saturated heterocycles. The predicted molar refractivity (Wildman–Crippen MR) is 127 cm³/mol. The van der Waals surface area contributed by atoms with Gasteiger partial charge in [0, 0.05) is 42.4 Å². The van der Waals surface area contributed by atoms with E-state index in [4.69, 9.17) is 4.74 Å². The zero-order chi connectivity index (χ0) is 23.9. The maximum atomic E-state index is 13.6. The fourth-order valence-corrected chi connectivity index (χ4v) is 6.17. The Morgan fingerprint density at radius 2 is 1.82 bits per heavy atom. The number of fused-ring (bicyclic) bond motifs is 1. The van der Waals surface area contributed by atoms with E-state index >= 15 is 0 Å². The summed E-state index contributed by atoms with van der Waals surface area (Å²) in [5, 5.41) is 4.68. The monoisotopic (exact) mass is 480 g/mol. The molecule has 0 unspecified atom stereocenters. The number of piperidine rings is 1. The first-order valence-corrected chi connectivity index (χ1v) is 12.6. The lowest BCUT2D eigenvalue weighted by atomic mass is 9.98. The summed E-state index contributed by atoms with van der Waals surface area (Å²) in [5.41, 5.74) is 3.05. The summed E-state index contributed by atoms with van der Waals surface area (Å²) in [6, 6.07) is 15.3. The fraction of sp³-hybridized carbons (Fsp3) is 0.280. The molecule has 0 saturated carbocycles. The number of rotatable bonds is 5. The average Bonchev–Trinajstić information content (AvgIpc) is 3.27. The Bertz CT molecular complexity index is 1460. The van der Waals surface area contributed by atoms with Crippen LogP contribution in [0.2, 0.25) is 0 Å². The number of ether oxygens (including phenoxy) is 1. The van der Waals surface area contributed by atoms with Gasteiger partial charge >= 0.3 is 0 Å². The van der Waals surface area contributed by atoms with Gasteiger partial charge < -0.3 is 4.74 Å². The molecule has 1 fully saturated rings. The van der Waals surface area contributed by atoms with Crippen LogP contribution in [0, 0.1) is 12.7 Å². The van der Waals surface area contributed by atoms with E-state index in [1.807, 2.05) is 37.4 Å². The van der Waals surface area contributed by atoms with E-state index in [1.54, 1.807) is 27.0 Å². The minimum atomic E-state index is -3.52. The minimum absolute atomic E-state index is 0.0760. The lowest BCUT2D eigenvalue weighted by Crippen LogP contribution is -2.38. The van der Waals surface area contributed by atoms with Crippen molar-refractivity contribution in [2.75, 3.05) is 20.2 Å². The van der Waals surface area contributed by atoms with Gasteiger partial charge in [0.05, 0.1) is 12.0 Å². The second kappa shape index (κ2) is 8.81. The zero-order valence-electron chi connectivity index (χ0n) is 19.0. The van der Waals surface area contributed by atoms with Crippen molar-refractivity contribution in [3.63, 3.8) is 0 Å². The molecule has 1 aliphatic heterocycles. The van der Waals surface area contributed by atoms with E-state index in [-0.39, 0.29) is 11.7 Å². The molecule has 3 heterocycles. The Kier molecular flexibility index (Phi) is 5.83. The second-order valence-electron chi connectivity index (χ2n) is 8.48. The van der Waals surface area contributed by atoms with Crippen molar-refractivity contribution in [3.8, 4) is 16.9 Å². The van der Waals surface area contributed by atoms with Gasteiger partial charge in [0.1, 0.15) is 11.6 Å². The Labute approximate surface area is 197 Å². The van der Waals surface area contributed by atoms with Gasteiger partial charge in [-0.05, 0) is 55.7 Å². The number of nitrogens with zero attached hydrogens (tertiary/aromatic N) is 4. The number of sulfonamides is 1. The van der Waals surface area contributed by atoms with Crippen LogP contribution in [0.15, 0.2) is 65.7 Å². The molecule has 0 amide bonds. The Morgan fingerprint density at radius 3 is 2.56 bits per heavy atom. The van der Waals surface area contributed by atoms with Gasteiger partial charge in [-0.2, -0.15) is 9.40 Å². The lowest BCUT2D eigenvalue weighted by Gasteiger charge is -2.30. The number of aryl methyl sites for hydroxylation is 1. The summed E-state index contributed by atoms with van der Waals surface area (Å²) in [6.45, 7) is 2.67. The van der Waals surface area contributed by atoms with E-state index in [0.717, 1.165) is 16.7 Å². The number of benzene rings is 2. The summed E-state index contributed by atoms with van der Waals surface area (Å²) in [6.07, 6.45) is 3.15. The molecule has 1 aliphatic rings. The smallest absolute Gasteiger partial charge is 0.243 e. The van der Waals surface area contributed by atoms with Crippen LogP contribution in [-0.4, -0.2) is 47.5 Å². The standard InChI is InChI=1S/C25H25FN4O3S/c1-17-5-3-4-6-23(17)34(31,32)29-13-11-18(12-14-29)25-27-24-10-7-19(16-30(24)28-25)21-9-8-20(26)15-22(21)33-2/h3-10,15-16,18H,11-14H2,1-2H3. The van der Waals surface area contributed by atoms with Crippen LogP contribution < -0.4 is 4.74 Å². The molecule has 176 valence electrons. The van der Waals surface area contributed by atoms with E-state index in [1.165, 1.54) is 19.2 Å². The molecule has 7 nitrogen and oxygen atoms in total. The predicted octanol–water partition coefficient (Wildman–Crippen LogP) is 4.42. The maximum absolute atomic E-state index is 13.6. The summed E-state index contributed by atoms with van der Waals surface area (Å²) in [4.78, 5) is 5.04. The molecule has 4 aromatic rings. The van der Waals surface area contributed by atoms with E-state index in [0.29, 0.717) is 48.0 Å². The first kappa shape index (κ1) is 22.5. The van der Waals surface area contributed by atoms with E-state index in [2.05, 4.69) is 10.1 Å². The molecule has 2 aromatic carbocycles. The summed E-state index contributed by atoms with van der Waals surface area (Å²) < 4.78 is 48.4. The Balaban J connectivity index is 1.36. The third-order valence-corrected chi connectivity index (χ3v) is 8.41. The van der Waals surface area contributed by atoms with Crippen molar-refractivity contribution in [1.82, 2.24) is 18.9 Å². The molecule has 9 heteroatoms. The summed E-state index contributed by atoms with van der Waals surface area (Å²) in [5.74, 6) is 0.866.